The Hall–Kier alpha value is -1.47. The number of benzene rings is 1. The molecule has 1 aromatic rings. The monoisotopic (exact) mass is 340 g/mol. The van der Waals surface area contributed by atoms with Crippen molar-refractivity contribution < 1.29 is 27.6 Å². The second-order valence-electron chi connectivity index (χ2n) is 6.96. The highest BCUT2D eigenvalue weighted by Crippen LogP contribution is 2.37. The van der Waals surface area contributed by atoms with E-state index in [1.807, 2.05) is 27.7 Å². The number of hydrogen-bond acceptors (Lipinski definition) is 4. The van der Waals surface area contributed by atoms with Crippen molar-refractivity contribution in [1.82, 2.24) is 0 Å². The van der Waals surface area contributed by atoms with Crippen LogP contribution in [-0.4, -0.2) is 30.9 Å². The van der Waals surface area contributed by atoms with Gasteiger partial charge in [-0.25, -0.2) is 4.79 Å². The zero-order chi connectivity index (χ0) is 18.3. The van der Waals surface area contributed by atoms with Crippen LogP contribution in [-0.2, 0) is 24.8 Å². The van der Waals surface area contributed by atoms with E-state index >= 15 is 0 Å². The molecule has 1 fully saturated rings. The lowest BCUT2D eigenvalue weighted by atomic mass is 9.77. The first-order valence-corrected chi connectivity index (χ1v) is 7.94. The Kier molecular flexibility index (Phi) is 4.81. The largest absolute Gasteiger partial charge is 0.494 e. The summed E-state index contributed by atoms with van der Waals surface area (Å²) in [6.45, 7) is 10.4. The van der Waals surface area contributed by atoms with Gasteiger partial charge in [0.05, 0.1) is 17.8 Å². The molecule has 0 aliphatic carbocycles. The van der Waals surface area contributed by atoms with Crippen LogP contribution in [0.25, 0.3) is 0 Å². The van der Waals surface area contributed by atoms with Gasteiger partial charge in [-0.3, -0.25) is 0 Å². The van der Waals surface area contributed by atoms with Gasteiger partial charge in [-0.15, -0.1) is 0 Å². The normalized spacial score (nSPS) is 19.4. The molecule has 0 saturated carbocycles. The van der Waals surface area contributed by atoms with E-state index in [0.717, 1.165) is 0 Å². The van der Waals surface area contributed by atoms with Gasteiger partial charge in [0.25, 0.3) is 0 Å². The highest BCUT2D eigenvalue weighted by Gasteiger charge is 2.52. The van der Waals surface area contributed by atoms with E-state index in [0.29, 0.717) is 11.0 Å². The Bertz CT molecular complexity index is 627. The van der Waals surface area contributed by atoms with Crippen molar-refractivity contribution in [3.05, 3.63) is 29.3 Å². The van der Waals surface area contributed by atoms with E-state index in [1.165, 1.54) is 26.0 Å². The van der Waals surface area contributed by atoms with E-state index in [-0.39, 0.29) is 6.61 Å². The standard InChI is InChI=1S/C17H23BF2O4/c1-7-22-14(21)17(19,20)13-10-12(9-8-11(13)2)18-23-15(3,4)16(5,6)24-18/h8-10H,7H2,1-6H3. The minimum Gasteiger partial charge on any atom is -0.461 e. The molecule has 1 aliphatic heterocycles. The van der Waals surface area contributed by atoms with Gasteiger partial charge in [-0.05, 0) is 52.6 Å². The molecule has 0 amide bonds. The lowest BCUT2D eigenvalue weighted by Gasteiger charge is -2.32. The molecule has 1 aliphatic rings. The number of carbonyl (C=O) groups excluding carboxylic acids is 1. The third-order valence-electron chi connectivity index (χ3n) is 4.66. The molecule has 0 spiro atoms. The topological polar surface area (TPSA) is 44.8 Å². The van der Waals surface area contributed by atoms with Crippen molar-refractivity contribution in [3.63, 3.8) is 0 Å². The molecule has 2 rings (SSSR count). The summed E-state index contributed by atoms with van der Waals surface area (Å²) < 4.78 is 45.1. The Labute approximate surface area is 141 Å². The minimum atomic E-state index is -3.72. The Balaban J connectivity index is 2.38. The molecule has 1 aromatic carbocycles. The summed E-state index contributed by atoms with van der Waals surface area (Å²) in [5.41, 5.74) is -0.807. The summed E-state index contributed by atoms with van der Waals surface area (Å²) in [6, 6.07) is 4.46. The molecule has 24 heavy (non-hydrogen) atoms. The average molecular weight is 340 g/mol. The number of hydrogen-bond donors (Lipinski definition) is 0. The van der Waals surface area contributed by atoms with Gasteiger partial charge in [-0.1, -0.05) is 18.2 Å². The van der Waals surface area contributed by atoms with Gasteiger partial charge in [0.2, 0.25) is 0 Å². The van der Waals surface area contributed by atoms with Gasteiger partial charge < -0.3 is 14.0 Å². The van der Waals surface area contributed by atoms with Crippen molar-refractivity contribution in [3.8, 4) is 0 Å². The highest BCUT2D eigenvalue weighted by atomic mass is 19.3. The maximum Gasteiger partial charge on any atom is 0.494 e. The van der Waals surface area contributed by atoms with Crippen LogP contribution in [0.15, 0.2) is 18.2 Å². The maximum absolute atomic E-state index is 14.4. The summed E-state index contributed by atoms with van der Waals surface area (Å²) in [5.74, 6) is -5.28. The summed E-state index contributed by atoms with van der Waals surface area (Å²) in [6.07, 6.45) is 0. The third kappa shape index (κ3) is 3.19. The molecule has 0 bridgehead atoms. The average Bonchev–Trinajstić information content (AvgIpc) is 2.68. The maximum atomic E-state index is 14.4. The van der Waals surface area contributed by atoms with Crippen LogP contribution in [0, 0.1) is 6.92 Å². The Morgan fingerprint density at radius 2 is 1.75 bits per heavy atom. The molecule has 0 atom stereocenters. The second-order valence-corrected chi connectivity index (χ2v) is 6.96. The molecule has 0 radical (unpaired) electrons. The Morgan fingerprint density at radius 1 is 1.21 bits per heavy atom. The fraction of sp³-hybridized carbons (Fsp3) is 0.588. The van der Waals surface area contributed by atoms with Crippen molar-refractivity contribution in [2.75, 3.05) is 6.61 Å². The van der Waals surface area contributed by atoms with Crippen LogP contribution < -0.4 is 5.46 Å². The second kappa shape index (κ2) is 6.12. The molecule has 0 unspecified atom stereocenters. The Morgan fingerprint density at radius 3 is 2.25 bits per heavy atom. The molecule has 0 N–H and O–H groups in total. The van der Waals surface area contributed by atoms with Crippen LogP contribution in [0.3, 0.4) is 0 Å². The van der Waals surface area contributed by atoms with Crippen LogP contribution in [0.2, 0.25) is 0 Å². The molecular weight excluding hydrogens is 317 g/mol. The minimum absolute atomic E-state index is 0.107. The first-order chi connectivity index (χ1) is 10.9. The molecule has 1 heterocycles. The summed E-state index contributed by atoms with van der Waals surface area (Å²) in [4.78, 5) is 11.6. The van der Waals surface area contributed by atoms with Crippen LogP contribution in [0.4, 0.5) is 8.78 Å². The SMILES string of the molecule is CCOC(=O)C(F)(F)c1cc(B2OC(C)(C)C(C)(C)O2)ccc1C. The first-order valence-electron chi connectivity index (χ1n) is 7.94. The highest BCUT2D eigenvalue weighted by molar-refractivity contribution is 6.62. The predicted molar refractivity (Wildman–Crippen MR) is 87.4 cm³/mol. The number of rotatable bonds is 4. The van der Waals surface area contributed by atoms with Crippen molar-refractivity contribution in [2.24, 2.45) is 0 Å². The number of alkyl halides is 2. The van der Waals surface area contributed by atoms with E-state index in [9.17, 15) is 13.6 Å². The predicted octanol–water partition coefficient (Wildman–Crippen LogP) is 2.95. The number of aryl methyl sites for hydroxylation is 1. The van der Waals surface area contributed by atoms with Crippen LogP contribution in [0.1, 0.15) is 45.7 Å². The summed E-state index contributed by atoms with van der Waals surface area (Å²) >= 11 is 0. The van der Waals surface area contributed by atoms with E-state index in [2.05, 4.69) is 4.74 Å². The number of esters is 1. The van der Waals surface area contributed by atoms with Gasteiger partial charge in [0.1, 0.15) is 0 Å². The summed E-state index contributed by atoms with van der Waals surface area (Å²) in [5, 5.41) is 0. The van der Waals surface area contributed by atoms with Crippen molar-refractivity contribution in [1.29, 1.82) is 0 Å². The van der Waals surface area contributed by atoms with Crippen LogP contribution >= 0.6 is 0 Å². The zero-order valence-corrected chi connectivity index (χ0v) is 14.9. The first kappa shape index (κ1) is 18.9. The number of halogens is 2. The zero-order valence-electron chi connectivity index (χ0n) is 14.9. The van der Waals surface area contributed by atoms with Gasteiger partial charge in [0.15, 0.2) is 0 Å². The smallest absolute Gasteiger partial charge is 0.461 e. The van der Waals surface area contributed by atoms with Gasteiger partial charge >= 0.3 is 19.0 Å². The van der Waals surface area contributed by atoms with Gasteiger partial charge in [0, 0.05) is 5.56 Å². The fourth-order valence-electron chi connectivity index (χ4n) is 2.44. The summed E-state index contributed by atoms with van der Waals surface area (Å²) in [7, 11) is -0.771. The number of carbonyl (C=O) groups is 1. The lowest BCUT2D eigenvalue weighted by molar-refractivity contribution is -0.173. The van der Waals surface area contributed by atoms with E-state index in [4.69, 9.17) is 9.31 Å². The molecule has 4 nitrogen and oxygen atoms in total. The lowest BCUT2D eigenvalue weighted by Crippen LogP contribution is -2.41. The fourth-order valence-corrected chi connectivity index (χ4v) is 2.44. The van der Waals surface area contributed by atoms with Crippen molar-refractivity contribution >= 4 is 18.6 Å². The molecule has 0 aromatic heterocycles. The third-order valence-corrected chi connectivity index (χ3v) is 4.66. The molecule has 132 valence electrons. The quantitative estimate of drug-likeness (QED) is 0.625. The van der Waals surface area contributed by atoms with Gasteiger partial charge in [-0.2, -0.15) is 8.78 Å². The molecular formula is C17H23BF2O4. The van der Waals surface area contributed by atoms with E-state index in [1.54, 1.807) is 6.07 Å². The van der Waals surface area contributed by atoms with E-state index < -0.39 is 35.8 Å². The molecule has 7 heteroatoms. The van der Waals surface area contributed by atoms with Crippen molar-refractivity contribution in [2.45, 2.75) is 58.7 Å². The molecule has 1 saturated heterocycles. The number of ether oxygens (including phenoxy) is 1. The van der Waals surface area contributed by atoms with Crippen LogP contribution in [0.5, 0.6) is 0 Å².